The van der Waals surface area contributed by atoms with Crippen molar-refractivity contribution in [2.45, 2.75) is 55.9 Å². The molecule has 0 unspecified atom stereocenters. The Kier molecular flexibility index (Phi) is 10.3. The Labute approximate surface area is 290 Å². The number of piperazine rings is 1. The Hall–Kier alpha value is -4.32. The van der Waals surface area contributed by atoms with E-state index in [-0.39, 0.29) is 29.4 Å². The molecule has 0 radical (unpaired) electrons. The molecule has 266 valence electrons. The number of alkyl halides is 3. The van der Waals surface area contributed by atoms with Gasteiger partial charge in [0.05, 0.1) is 40.7 Å². The monoisotopic (exact) mass is 715 g/mol. The third kappa shape index (κ3) is 8.69. The van der Waals surface area contributed by atoms with E-state index < -0.39 is 28.1 Å². The van der Waals surface area contributed by atoms with E-state index in [9.17, 15) is 32.8 Å². The van der Waals surface area contributed by atoms with Crippen molar-refractivity contribution in [2.75, 3.05) is 49.5 Å². The van der Waals surface area contributed by atoms with Crippen LogP contribution in [-0.4, -0.2) is 89.9 Å². The minimum absolute atomic E-state index is 0.00410. The summed E-state index contributed by atoms with van der Waals surface area (Å²) in [5, 5.41) is 28.1. The highest BCUT2D eigenvalue weighted by atomic mass is 32.2. The highest BCUT2D eigenvalue weighted by Crippen LogP contribution is 2.37. The summed E-state index contributed by atoms with van der Waals surface area (Å²) < 4.78 is 59.7. The molecule has 2 aromatic carbocycles. The van der Waals surface area contributed by atoms with Gasteiger partial charge < -0.3 is 15.3 Å². The summed E-state index contributed by atoms with van der Waals surface area (Å²) >= 11 is 1.65. The predicted octanol–water partition coefficient (Wildman–Crippen LogP) is 6.21. The molecular weight excluding hydrogens is 678 g/mol. The highest BCUT2D eigenvalue weighted by Gasteiger charge is 2.36. The van der Waals surface area contributed by atoms with Crippen molar-refractivity contribution >= 4 is 35.0 Å². The second kappa shape index (κ2) is 14.5. The maximum absolute atomic E-state index is 14.5. The van der Waals surface area contributed by atoms with Crippen LogP contribution in [-0.2, 0) is 12.7 Å². The number of nitro benzene ring substituents is 1. The van der Waals surface area contributed by atoms with E-state index in [1.165, 1.54) is 29.2 Å². The van der Waals surface area contributed by atoms with Gasteiger partial charge in [-0.3, -0.25) is 19.7 Å². The smallest absolute Gasteiger partial charge is 0.389 e. The lowest BCUT2D eigenvalue weighted by molar-refractivity contribution is -0.385. The molecule has 2 N–H and O–H groups in total. The van der Waals surface area contributed by atoms with E-state index in [2.05, 4.69) is 29.6 Å². The average molecular weight is 716 g/mol. The lowest BCUT2D eigenvalue weighted by Crippen LogP contribution is -2.52. The summed E-state index contributed by atoms with van der Waals surface area (Å²) in [6.45, 7) is 7.92. The third-order valence-corrected chi connectivity index (χ3v) is 9.74. The summed E-state index contributed by atoms with van der Waals surface area (Å²) in [5.74, 6) is -0.572. The van der Waals surface area contributed by atoms with Crippen molar-refractivity contribution in [2.24, 2.45) is 0 Å². The summed E-state index contributed by atoms with van der Waals surface area (Å²) in [5.41, 5.74) is -1.49. The zero-order valence-corrected chi connectivity index (χ0v) is 28.3. The van der Waals surface area contributed by atoms with Crippen molar-refractivity contribution in [1.29, 1.82) is 0 Å². The molecule has 17 heteroatoms. The third-order valence-electron chi connectivity index (χ3n) is 8.63. The second-order valence-electron chi connectivity index (χ2n) is 13.0. The van der Waals surface area contributed by atoms with Crippen LogP contribution in [0, 0.1) is 15.9 Å². The SMILES string of the molecule is CC(C)(O)Cn1cc(-c2nc(Nc3ccc(SN4CCC(N5CCN(c6ccc([N+](=O)[O-])cc6F)CC5)CC4)cc3)ncc2C(F)(F)F)cn1. The maximum atomic E-state index is 14.5. The van der Waals surface area contributed by atoms with Gasteiger partial charge in [0.1, 0.15) is 5.56 Å². The minimum Gasteiger partial charge on any atom is -0.389 e. The number of nitrogens with one attached hydrogen (secondary N) is 1. The van der Waals surface area contributed by atoms with Crippen molar-refractivity contribution in [3.05, 3.63) is 82.6 Å². The lowest BCUT2D eigenvalue weighted by Gasteiger charge is -2.43. The summed E-state index contributed by atoms with van der Waals surface area (Å²) in [6.07, 6.45) is 0.762. The number of nitro groups is 1. The molecule has 2 fully saturated rings. The number of aliphatic hydroxyl groups is 1. The number of aromatic nitrogens is 4. The van der Waals surface area contributed by atoms with Crippen molar-refractivity contribution in [1.82, 2.24) is 29.0 Å². The molecule has 0 amide bonds. The molecule has 0 aliphatic carbocycles. The molecule has 4 heterocycles. The topological polar surface area (TPSA) is 129 Å². The number of hydrogen-bond acceptors (Lipinski definition) is 11. The fourth-order valence-electron chi connectivity index (χ4n) is 6.21. The van der Waals surface area contributed by atoms with Gasteiger partial charge in [-0.15, -0.1) is 0 Å². The van der Waals surface area contributed by atoms with E-state index in [4.69, 9.17) is 0 Å². The second-order valence-corrected chi connectivity index (χ2v) is 14.2. The molecule has 2 saturated heterocycles. The molecule has 50 heavy (non-hydrogen) atoms. The van der Waals surface area contributed by atoms with Crippen LogP contribution in [0.1, 0.15) is 32.3 Å². The maximum Gasteiger partial charge on any atom is 0.419 e. The average Bonchev–Trinajstić information content (AvgIpc) is 3.52. The Morgan fingerprint density at radius 1 is 1.02 bits per heavy atom. The van der Waals surface area contributed by atoms with E-state index >= 15 is 0 Å². The van der Waals surface area contributed by atoms with Crippen molar-refractivity contribution in [3.8, 4) is 11.3 Å². The highest BCUT2D eigenvalue weighted by molar-refractivity contribution is 7.97. The molecule has 6 rings (SSSR count). The first kappa shape index (κ1) is 35.5. The Balaban J connectivity index is 1.01. The van der Waals surface area contributed by atoms with Crippen LogP contribution < -0.4 is 10.2 Å². The molecular formula is C33H37F4N9O3S. The van der Waals surface area contributed by atoms with Crippen molar-refractivity contribution in [3.63, 3.8) is 0 Å². The summed E-state index contributed by atoms with van der Waals surface area (Å²) in [4.78, 5) is 23.9. The van der Waals surface area contributed by atoms with Gasteiger partial charge in [-0.2, -0.15) is 18.3 Å². The molecule has 2 aliphatic rings. The van der Waals surface area contributed by atoms with Crippen LogP contribution in [0.25, 0.3) is 11.3 Å². The normalized spacial score (nSPS) is 16.9. The number of halogens is 4. The standard InChI is InChI=1S/C33H37F4N9O3S/c1-32(2,47)21-44-20-22(18-39-44)30-27(33(35,36)37)19-38-31(41-30)40-23-3-6-26(7-4-23)50-45-11-9-24(10-12-45)42-13-15-43(16-14-42)29-8-5-25(46(48)49)17-28(29)34/h3-8,17-20,24,47H,9-16,21H2,1-2H3,(H,38,40,41). The van der Waals surface area contributed by atoms with Crippen LogP contribution in [0.2, 0.25) is 0 Å². The molecule has 0 atom stereocenters. The first-order valence-corrected chi connectivity index (χ1v) is 16.9. The molecule has 4 aromatic rings. The Morgan fingerprint density at radius 2 is 1.72 bits per heavy atom. The van der Waals surface area contributed by atoms with Crippen LogP contribution in [0.15, 0.2) is 66.0 Å². The van der Waals surface area contributed by atoms with Gasteiger partial charge >= 0.3 is 6.18 Å². The van der Waals surface area contributed by atoms with Gasteiger partial charge in [0.25, 0.3) is 5.69 Å². The van der Waals surface area contributed by atoms with Crippen LogP contribution in [0.3, 0.4) is 0 Å². The van der Waals surface area contributed by atoms with E-state index in [1.807, 2.05) is 29.2 Å². The van der Waals surface area contributed by atoms with Crippen LogP contribution in [0.5, 0.6) is 0 Å². The quantitative estimate of drug-likeness (QED) is 0.0842. The minimum atomic E-state index is -4.67. The van der Waals surface area contributed by atoms with Gasteiger partial charge in [0.15, 0.2) is 5.82 Å². The fourth-order valence-corrected chi connectivity index (χ4v) is 7.16. The van der Waals surface area contributed by atoms with E-state index in [0.717, 1.165) is 56.2 Å². The van der Waals surface area contributed by atoms with Crippen LogP contribution >= 0.6 is 11.9 Å². The Morgan fingerprint density at radius 3 is 2.34 bits per heavy atom. The number of anilines is 3. The first-order chi connectivity index (χ1) is 23.7. The van der Waals surface area contributed by atoms with Gasteiger partial charge in [0.2, 0.25) is 5.95 Å². The van der Waals surface area contributed by atoms with Gasteiger partial charge in [-0.05, 0) is 69.0 Å². The van der Waals surface area contributed by atoms with E-state index in [1.54, 1.807) is 25.8 Å². The number of benzene rings is 2. The number of rotatable bonds is 10. The van der Waals surface area contributed by atoms with Gasteiger partial charge in [0, 0.05) is 79.9 Å². The molecule has 12 nitrogen and oxygen atoms in total. The Bertz CT molecular complexity index is 1800. The fraction of sp³-hybridized carbons (Fsp3) is 0.424. The lowest BCUT2D eigenvalue weighted by atomic mass is 10.0. The molecule has 0 saturated carbocycles. The predicted molar refractivity (Wildman–Crippen MR) is 182 cm³/mol. The summed E-state index contributed by atoms with van der Waals surface area (Å²) in [7, 11) is 0. The number of piperidine rings is 1. The molecule has 0 spiro atoms. The van der Waals surface area contributed by atoms with Gasteiger partial charge in [-0.1, -0.05) is 0 Å². The number of hydrogen-bond donors (Lipinski definition) is 2. The summed E-state index contributed by atoms with van der Waals surface area (Å²) in [6, 6.07) is 11.7. The number of non-ortho nitro benzene ring substituents is 1. The zero-order chi connectivity index (χ0) is 35.6. The zero-order valence-electron chi connectivity index (χ0n) is 27.5. The molecule has 0 bridgehead atoms. The first-order valence-electron chi connectivity index (χ1n) is 16.1. The molecule has 2 aromatic heterocycles. The van der Waals surface area contributed by atoms with Gasteiger partial charge in [-0.25, -0.2) is 18.7 Å². The van der Waals surface area contributed by atoms with Crippen molar-refractivity contribution < 1.29 is 27.6 Å². The molecule has 2 aliphatic heterocycles. The van der Waals surface area contributed by atoms with E-state index in [0.29, 0.717) is 30.5 Å². The van der Waals surface area contributed by atoms with Crippen LogP contribution in [0.4, 0.5) is 40.6 Å². The number of nitrogens with zero attached hydrogens (tertiary/aromatic N) is 8. The largest absolute Gasteiger partial charge is 0.419 e.